The molecule has 4 rings (SSSR count). The van der Waals surface area contributed by atoms with Crippen molar-refractivity contribution in [3.8, 4) is 5.88 Å². The van der Waals surface area contributed by atoms with E-state index in [0.29, 0.717) is 23.1 Å². The molecule has 0 aliphatic rings. The van der Waals surface area contributed by atoms with Crippen LogP contribution in [0.4, 0.5) is 26.0 Å². The van der Waals surface area contributed by atoms with Gasteiger partial charge in [-0.3, -0.25) is 0 Å². The first kappa shape index (κ1) is 28.1. The highest BCUT2D eigenvalue weighted by Crippen LogP contribution is 2.32. The Morgan fingerprint density at radius 2 is 1.82 bits per heavy atom. The van der Waals surface area contributed by atoms with Crippen molar-refractivity contribution in [2.24, 2.45) is 0 Å². The zero-order valence-electron chi connectivity index (χ0n) is 22.9. The lowest BCUT2D eigenvalue weighted by Crippen LogP contribution is -2.18. The molecule has 2 heterocycles. The van der Waals surface area contributed by atoms with E-state index in [1.807, 2.05) is 51.2 Å². The minimum absolute atomic E-state index is 0.227. The van der Waals surface area contributed by atoms with Crippen molar-refractivity contribution in [2.75, 3.05) is 51.6 Å². The van der Waals surface area contributed by atoms with Crippen LogP contribution in [0.15, 0.2) is 54.7 Å². The number of fused-ring (bicyclic) bond motifs is 1. The van der Waals surface area contributed by atoms with Crippen LogP contribution in [0.1, 0.15) is 22.5 Å². The Bertz CT molecular complexity index is 1450. The van der Waals surface area contributed by atoms with Gasteiger partial charge in [0.25, 0.3) is 5.92 Å². The first-order valence-corrected chi connectivity index (χ1v) is 12.6. The van der Waals surface area contributed by atoms with Crippen molar-refractivity contribution in [1.82, 2.24) is 19.9 Å². The molecular weight excluding hydrogens is 502 g/mol. The fourth-order valence-corrected chi connectivity index (χ4v) is 4.29. The van der Waals surface area contributed by atoms with Gasteiger partial charge in [-0.25, -0.2) is 15.0 Å². The number of alkyl halides is 2. The average Bonchev–Trinajstić information content (AvgIpc) is 2.94. The largest absolute Gasteiger partial charge is 0.481 e. The summed E-state index contributed by atoms with van der Waals surface area (Å²) < 4.78 is 33.4. The molecule has 0 radical (unpaired) electrons. The van der Waals surface area contributed by atoms with E-state index in [1.165, 1.54) is 12.1 Å². The number of aliphatic hydroxyl groups is 1. The Hall–Kier alpha value is -3.89. The van der Waals surface area contributed by atoms with Crippen LogP contribution in [-0.2, 0) is 18.9 Å². The van der Waals surface area contributed by atoms with E-state index in [0.717, 1.165) is 40.8 Å². The quantitative estimate of drug-likeness (QED) is 0.280. The Morgan fingerprint density at radius 3 is 2.54 bits per heavy atom. The summed E-state index contributed by atoms with van der Waals surface area (Å²) in [5, 5.41) is 13.1. The fraction of sp³-hybridized carbons (Fsp3) is 0.345. The summed E-state index contributed by atoms with van der Waals surface area (Å²) in [7, 11) is 7.65. The molecule has 0 atom stereocenters. The number of rotatable bonds is 11. The van der Waals surface area contributed by atoms with Gasteiger partial charge in [-0.2, -0.15) is 8.78 Å². The summed E-state index contributed by atoms with van der Waals surface area (Å²) in [6.07, 6.45) is 2.58. The van der Waals surface area contributed by atoms with Crippen molar-refractivity contribution in [3.63, 3.8) is 0 Å². The summed E-state index contributed by atoms with van der Waals surface area (Å²) in [5.41, 5.74) is 4.03. The van der Waals surface area contributed by atoms with E-state index in [9.17, 15) is 8.78 Å². The van der Waals surface area contributed by atoms with Gasteiger partial charge in [-0.05, 0) is 63.3 Å². The number of hydrogen-bond donors (Lipinski definition) is 2. The first-order chi connectivity index (χ1) is 18.6. The van der Waals surface area contributed by atoms with Crippen LogP contribution < -0.4 is 15.0 Å². The van der Waals surface area contributed by atoms with Crippen molar-refractivity contribution in [1.29, 1.82) is 0 Å². The van der Waals surface area contributed by atoms with Gasteiger partial charge < -0.3 is 25.0 Å². The molecule has 0 amide bonds. The number of pyridine rings is 1. The second-order valence-electron chi connectivity index (χ2n) is 9.71. The molecule has 2 aromatic heterocycles. The maximum atomic E-state index is 14.0. The number of anilines is 3. The van der Waals surface area contributed by atoms with Gasteiger partial charge in [0.1, 0.15) is 18.2 Å². The molecule has 0 saturated carbocycles. The number of benzene rings is 2. The lowest BCUT2D eigenvalue weighted by molar-refractivity contribution is -0.0556. The number of likely N-dealkylation sites (N-methyl/N-ethyl adjacent to an activating group) is 1. The summed E-state index contributed by atoms with van der Waals surface area (Å²) >= 11 is 0. The lowest BCUT2D eigenvalue weighted by atomic mass is 10.1. The van der Waals surface area contributed by atoms with Crippen LogP contribution in [0.25, 0.3) is 10.9 Å². The minimum Gasteiger partial charge on any atom is -0.481 e. The molecule has 0 bridgehead atoms. The zero-order valence-corrected chi connectivity index (χ0v) is 22.9. The second kappa shape index (κ2) is 11.9. The van der Waals surface area contributed by atoms with Gasteiger partial charge in [-0.1, -0.05) is 18.2 Å². The molecule has 2 N–H and O–H groups in total. The van der Waals surface area contributed by atoms with Gasteiger partial charge in [0.2, 0.25) is 5.88 Å². The third-order valence-corrected chi connectivity index (χ3v) is 6.51. The normalized spacial score (nSPS) is 11.7. The minimum atomic E-state index is -3.30. The van der Waals surface area contributed by atoms with Crippen LogP contribution in [-0.4, -0.2) is 66.4 Å². The third kappa shape index (κ3) is 6.58. The third-order valence-electron chi connectivity index (χ3n) is 6.51. The first-order valence-electron chi connectivity index (χ1n) is 12.6. The number of aryl methyl sites for hydroxylation is 1. The van der Waals surface area contributed by atoms with Crippen LogP contribution in [0, 0.1) is 6.92 Å². The number of aromatic nitrogens is 3. The molecule has 0 spiro atoms. The fourth-order valence-electron chi connectivity index (χ4n) is 4.29. The highest BCUT2D eigenvalue weighted by molar-refractivity contribution is 5.92. The van der Waals surface area contributed by atoms with Gasteiger partial charge in [0, 0.05) is 42.3 Å². The van der Waals surface area contributed by atoms with Crippen LogP contribution in [0.3, 0.4) is 0 Å². The van der Waals surface area contributed by atoms with Crippen molar-refractivity contribution >= 4 is 28.1 Å². The second-order valence-corrected chi connectivity index (χ2v) is 9.71. The maximum absolute atomic E-state index is 14.0. The highest BCUT2D eigenvalue weighted by Gasteiger charge is 2.30. The standard InChI is InChI=1S/C29H34F2N6O2/c1-19-34-26-10-9-23(37(4)24-14-21(11-12-36(2)3)28(39-5)33-17-24)15-25(26)27(35-19)32-16-20-7-6-8-22(13-20)29(30,31)18-38/h6-10,13-15,17,38H,11-12,16,18H2,1-5H3,(H,32,34,35). The molecule has 0 aliphatic heterocycles. The Kier molecular flexibility index (Phi) is 8.57. The van der Waals surface area contributed by atoms with E-state index in [4.69, 9.17) is 9.84 Å². The molecule has 206 valence electrons. The number of aliphatic hydroxyl groups excluding tert-OH is 1. The number of hydrogen-bond acceptors (Lipinski definition) is 8. The molecular formula is C29H34F2N6O2. The number of ether oxygens (including phenoxy) is 1. The van der Waals surface area contributed by atoms with Gasteiger partial charge >= 0.3 is 0 Å². The number of methoxy groups -OCH3 is 1. The molecule has 4 aromatic rings. The molecule has 2 aromatic carbocycles. The smallest absolute Gasteiger partial charge is 0.295 e. The SMILES string of the molecule is COc1ncc(N(C)c2ccc3nc(C)nc(NCc4cccc(C(F)(F)CO)c4)c3c2)cc1CCN(C)C. The topological polar surface area (TPSA) is 86.6 Å². The summed E-state index contributed by atoms with van der Waals surface area (Å²) in [6.45, 7) is 1.72. The van der Waals surface area contributed by atoms with E-state index in [1.54, 1.807) is 25.4 Å². The Labute approximate surface area is 227 Å². The molecule has 0 fully saturated rings. The predicted octanol–water partition coefficient (Wildman–Crippen LogP) is 4.91. The number of nitrogens with zero attached hydrogens (tertiary/aromatic N) is 5. The summed E-state index contributed by atoms with van der Waals surface area (Å²) in [4.78, 5) is 17.8. The van der Waals surface area contributed by atoms with E-state index in [-0.39, 0.29) is 12.1 Å². The molecule has 0 unspecified atom stereocenters. The van der Waals surface area contributed by atoms with Crippen LogP contribution >= 0.6 is 0 Å². The van der Waals surface area contributed by atoms with Gasteiger partial charge in [-0.15, -0.1) is 0 Å². The predicted molar refractivity (Wildman–Crippen MR) is 150 cm³/mol. The van der Waals surface area contributed by atoms with E-state index >= 15 is 0 Å². The molecule has 0 aliphatic carbocycles. The highest BCUT2D eigenvalue weighted by atomic mass is 19.3. The van der Waals surface area contributed by atoms with Gasteiger partial charge in [0.15, 0.2) is 0 Å². The molecule has 8 nitrogen and oxygen atoms in total. The summed E-state index contributed by atoms with van der Waals surface area (Å²) in [6, 6.07) is 14.0. The summed E-state index contributed by atoms with van der Waals surface area (Å²) in [5.74, 6) is -1.48. The van der Waals surface area contributed by atoms with Gasteiger partial charge in [0.05, 0.1) is 24.5 Å². The van der Waals surface area contributed by atoms with E-state index in [2.05, 4.69) is 31.2 Å². The maximum Gasteiger partial charge on any atom is 0.295 e. The monoisotopic (exact) mass is 536 g/mol. The number of nitrogens with one attached hydrogen (secondary N) is 1. The lowest BCUT2D eigenvalue weighted by Gasteiger charge is -2.22. The Morgan fingerprint density at radius 1 is 1.03 bits per heavy atom. The molecule has 10 heteroatoms. The zero-order chi connectivity index (χ0) is 28.2. The molecule has 39 heavy (non-hydrogen) atoms. The van der Waals surface area contributed by atoms with Crippen LogP contribution in [0.5, 0.6) is 5.88 Å². The van der Waals surface area contributed by atoms with Crippen molar-refractivity contribution < 1.29 is 18.6 Å². The number of halogens is 2. The van der Waals surface area contributed by atoms with Crippen molar-refractivity contribution in [2.45, 2.75) is 25.8 Å². The van der Waals surface area contributed by atoms with Crippen molar-refractivity contribution in [3.05, 3.63) is 77.2 Å². The Balaban J connectivity index is 1.63. The van der Waals surface area contributed by atoms with Crippen LogP contribution in [0.2, 0.25) is 0 Å². The molecule has 0 saturated heterocycles. The van der Waals surface area contributed by atoms with E-state index < -0.39 is 12.5 Å². The average molecular weight is 537 g/mol.